The van der Waals surface area contributed by atoms with Gasteiger partial charge in [-0.3, -0.25) is 4.84 Å². The molecule has 2 aliphatic rings. The zero-order valence-corrected chi connectivity index (χ0v) is 5.68. The van der Waals surface area contributed by atoms with Crippen LogP contribution in [-0.2, 0) is 4.84 Å². The van der Waals surface area contributed by atoms with E-state index in [1.54, 1.807) is 0 Å². The molecule has 0 aromatic heterocycles. The van der Waals surface area contributed by atoms with Crippen LogP contribution in [0.1, 0.15) is 6.42 Å². The standard InChI is InChI=1S/C6H12N2O/c1-8-6(2-3-9-8)4-7-5-6/h7H,2-5H2,1H3. The highest BCUT2D eigenvalue weighted by molar-refractivity contribution is 5.00. The molecule has 0 aromatic rings. The van der Waals surface area contributed by atoms with E-state index in [2.05, 4.69) is 5.32 Å². The smallest absolute Gasteiger partial charge is 0.0730 e. The Morgan fingerprint density at radius 2 is 2.33 bits per heavy atom. The normalized spacial score (nSPS) is 33.0. The first-order chi connectivity index (χ1) is 4.33. The lowest BCUT2D eigenvalue weighted by Gasteiger charge is -2.42. The van der Waals surface area contributed by atoms with Crippen molar-refractivity contribution < 1.29 is 4.84 Å². The fraction of sp³-hybridized carbons (Fsp3) is 1.00. The van der Waals surface area contributed by atoms with Crippen LogP contribution >= 0.6 is 0 Å². The summed E-state index contributed by atoms with van der Waals surface area (Å²) >= 11 is 0. The average molecular weight is 128 g/mol. The SMILES string of the molecule is CN1OCCC12CNC2. The molecular weight excluding hydrogens is 116 g/mol. The van der Waals surface area contributed by atoms with E-state index in [1.165, 1.54) is 6.42 Å². The Labute approximate surface area is 54.9 Å². The van der Waals surface area contributed by atoms with E-state index in [4.69, 9.17) is 4.84 Å². The highest BCUT2D eigenvalue weighted by Gasteiger charge is 2.45. The maximum absolute atomic E-state index is 5.30. The summed E-state index contributed by atoms with van der Waals surface area (Å²) in [6.07, 6.45) is 1.19. The topological polar surface area (TPSA) is 24.5 Å². The first-order valence-corrected chi connectivity index (χ1v) is 3.41. The third kappa shape index (κ3) is 0.625. The molecule has 0 radical (unpaired) electrons. The summed E-state index contributed by atoms with van der Waals surface area (Å²) in [6.45, 7) is 3.10. The fourth-order valence-electron chi connectivity index (χ4n) is 1.48. The Kier molecular flexibility index (Phi) is 1.06. The van der Waals surface area contributed by atoms with Crippen molar-refractivity contribution in [3.8, 4) is 0 Å². The van der Waals surface area contributed by atoms with Crippen LogP contribution in [0.3, 0.4) is 0 Å². The molecule has 52 valence electrons. The predicted molar refractivity (Wildman–Crippen MR) is 33.9 cm³/mol. The van der Waals surface area contributed by atoms with Gasteiger partial charge >= 0.3 is 0 Å². The molecule has 1 N–H and O–H groups in total. The van der Waals surface area contributed by atoms with Crippen LogP contribution in [0.15, 0.2) is 0 Å². The number of likely N-dealkylation sites (N-methyl/N-ethyl adjacent to an activating group) is 1. The maximum Gasteiger partial charge on any atom is 0.0730 e. The average Bonchev–Trinajstić information content (AvgIpc) is 2.07. The molecule has 0 amide bonds. The number of nitrogens with one attached hydrogen (secondary N) is 1. The summed E-state index contributed by atoms with van der Waals surface area (Å²) < 4.78 is 0. The van der Waals surface area contributed by atoms with Crippen molar-refractivity contribution in [3.63, 3.8) is 0 Å². The van der Waals surface area contributed by atoms with E-state index in [-0.39, 0.29) is 0 Å². The van der Waals surface area contributed by atoms with Crippen LogP contribution in [0.2, 0.25) is 0 Å². The Hall–Kier alpha value is -0.120. The van der Waals surface area contributed by atoms with Crippen LogP contribution in [0.5, 0.6) is 0 Å². The van der Waals surface area contributed by atoms with Gasteiger partial charge in [0.15, 0.2) is 0 Å². The summed E-state index contributed by atoms with van der Waals surface area (Å²) in [7, 11) is 2.02. The maximum atomic E-state index is 5.30. The zero-order valence-electron chi connectivity index (χ0n) is 5.68. The van der Waals surface area contributed by atoms with Crippen molar-refractivity contribution in [2.45, 2.75) is 12.0 Å². The monoisotopic (exact) mass is 128 g/mol. The van der Waals surface area contributed by atoms with E-state index in [0.717, 1.165) is 19.7 Å². The number of rotatable bonds is 0. The van der Waals surface area contributed by atoms with Gasteiger partial charge in [-0.25, -0.2) is 0 Å². The minimum atomic E-state index is 0.375. The Balaban J connectivity index is 2.09. The van der Waals surface area contributed by atoms with E-state index in [1.807, 2.05) is 12.1 Å². The first kappa shape index (κ1) is 5.65. The number of hydrogen-bond acceptors (Lipinski definition) is 3. The Morgan fingerprint density at radius 1 is 1.56 bits per heavy atom. The van der Waals surface area contributed by atoms with Crippen molar-refractivity contribution in [1.29, 1.82) is 0 Å². The second-order valence-corrected chi connectivity index (χ2v) is 2.91. The lowest BCUT2D eigenvalue weighted by atomic mass is 9.90. The van der Waals surface area contributed by atoms with E-state index >= 15 is 0 Å². The largest absolute Gasteiger partial charge is 0.313 e. The van der Waals surface area contributed by atoms with E-state index < -0.39 is 0 Å². The minimum absolute atomic E-state index is 0.375. The second kappa shape index (κ2) is 1.68. The van der Waals surface area contributed by atoms with Gasteiger partial charge in [0, 0.05) is 20.1 Å². The molecule has 2 saturated heterocycles. The molecule has 2 aliphatic heterocycles. The molecule has 0 aromatic carbocycles. The van der Waals surface area contributed by atoms with Crippen LogP contribution in [-0.4, -0.2) is 37.3 Å². The van der Waals surface area contributed by atoms with Gasteiger partial charge in [0.25, 0.3) is 0 Å². The molecule has 9 heavy (non-hydrogen) atoms. The van der Waals surface area contributed by atoms with Gasteiger partial charge in [0.05, 0.1) is 12.1 Å². The van der Waals surface area contributed by atoms with Gasteiger partial charge in [-0.2, -0.15) is 5.06 Å². The third-order valence-electron chi connectivity index (χ3n) is 2.43. The summed E-state index contributed by atoms with van der Waals surface area (Å²) in [4.78, 5) is 5.30. The number of nitrogens with zero attached hydrogens (tertiary/aromatic N) is 1. The number of hydrogen-bond donors (Lipinski definition) is 1. The van der Waals surface area contributed by atoms with Gasteiger partial charge in [0.1, 0.15) is 0 Å². The van der Waals surface area contributed by atoms with Gasteiger partial charge in [-0.1, -0.05) is 0 Å². The molecular formula is C6H12N2O. The Bertz CT molecular complexity index is 122. The molecule has 3 heteroatoms. The second-order valence-electron chi connectivity index (χ2n) is 2.91. The van der Waals surface area contributed by atoms with Crippen LogP contribution in [0, 0.1) is 0 Å². The van der Waals surface area contributed by atoms with Crippen LogP contribution in [0.4, 0.5) is 0 Å². The van der Waals surface area contributed by atoms with Gasteiger partial charge in [-0.05, 0) is 6.42 Å². The Morgan fingerprint density at radius 3 is 2.56 bits per heavy atom. The van der Waals surface area contributed by atoms with Gasteiger partial charge < -0.3 is 5.32 Å². The highest BCUT2D eigenvalue weighted by atomic mass is 16.7. The molecule has 0 aliphatic carbocycles. The molecule has 2 heterocycles. The lowest BCUT2D eigenvalue weighted by Crippen LogP contribution is -2.64. The van der Waals surface area contributed by atoms with Crippen molar-refractivity contribution in [2.75, 3.05) is 26.7 Å². The minimum Gasteiger partial charge on any atom is -0.313 e. The molecule has 0 saturated carbocycles. The van der Waals surface area contributed by atoms with Gasteiger partial charge in [-0.15, -0.1) is 0 Å². The van der Waals surface area contributed by atoms with E-state index in [9.17, 15) is 0 Å². The van der Waals surface area contributed by atoms with Crippen molar-refractivity contribution in [1.82, 2.24) is 10.4 Å². The molecule has 2 rings (SSSR count). The quantitative estimate of drug-likeness (QED) is 0.480. The third-order valence-corrected chi connectivity index (χ3v) is 2.43. The number of hydroxylamine groups is 2. The summed E-state index contributed by atoms with van der Waals surface area (Å²) in [5.74, 6) is 0. The lowest BCUT2D eigenvalue weighted by molar-refractivity contribution is -0.154. The van der Waals surface area contributed by atoms with Crippen LogP contribution in [0.25, 0.3) is 0 Å². The first-order valence-electron chi connectivity index (χ1n) is 3.41. The fourth-order valence-corrected chi connectivity index (χ4v) is 1.48. The van der Waals surface area contributed by atoms with Crippen molar-refractivity contribution in [3.05, 3.63) is 0 Å². The van der Waals surface area contributed by atoms with Crippen LogP contribution < -0.4 is 5.32 Å². The summed E-state index contributed by atoms with van der Waals surface area (Å²) in [5.41, 5.74) is 0.375. The van der Waals surface area contributed by atoms with Crippen molar-refractivity contribution >= 4 is 0 Å². The highest BCUT2D eigenvalue weighted by Crippen LogP contribution is 2.28. The summed E-state index contributed by atoms with van der Waals surface area (Å²) in [6, 6.07) is 0. The van der Waals surface area contributed by atoms with Crippen molar-refractivity contribution in [2.24, 2.45) is 0 Å². The summed E-state index contributed by atoms with van der Waals surface area (Å²) in [5, 5.41) is 5.26. The molecule has 3 nitrogen and oxygen atoms in total. The van der Waals surface area contributed by atoms with E-state index in [0.29, 0.717) is 5.54 Å². The predicted octanol–water partition coefficient (Wildman–Crippen LogP) is -0.405. The zero-order chi connectivity index (χ0) is 6.32. The molecule has 0 unspecified atom stereocenters. The molecule has 0 bridgehead atoms. The molecule has 1 spiro atoms. The molecule has 2 fully saturated rings. The molecule has 0 atom stereocenters. The van der Waals surface area contributed by atoms with Gasteiger partial charge in [0.2, 0.25) is 0 Å².